The Balaban J connectivity index is 2.43. The first-order valence-corrected chi connectivity index (χ1v) is 8.61. The van der Waals surface area contributed by atoms with Gasteiger partial charge in [-0.3, -0.25) is 0 Å². The number of hydrogen-bond acceptors (Lipinski definition) is 3. The lowest BCUT2D eigenvalue weighted by Gasteiger charge is -2.36. The van der Waals surface area contributed by atoms with Crippen LogP contribution in [0.15, 0.2) is 23.1 Å². The van der Waals surface area contributed by atoms with Crippen molar-refractivity contribution in [3.8, 4) is 0 Å². The summed E-state index contributed by atoms with van der Waals surface area (Å²) in [7, 11) is -3.43. The maximum atomic E-state index is 12.9. The molecular formula is C15H24N2O2S. The molecule has 2 unspecified atom stereocenters. The summed E-state index contributed by atoms with van der Waals surface area (Å²) in [5, 5.41) is 0. The lowest BCUT2D eigenvalue weighted by Crippen LogP contribution is -2.45. The van der Waals surface area contributed by atoms with Gasteiger partial charge >= 0.3 is 0 Å². The van der Waals surface area contributed by atoms with Gasteiger partial charge in [0.05, 0.1) is 4.90 Å². The van der Waals surface area contributed by atoms with Gasteiger partial charge in [-0.25, -0.2) is 8.42 Å². The Morgan fingerprint density at radius 2 is 2.00 bits per heavy atom. The van der Waals surface area contributed by atoms with Crippen molar-refractivity contribution in [2.45, 2.75) is 51.1 Å². The number of aryl methyl sites for hydroxylation is 1. The first kappa shape index (κ1) is 15.5. The molecule has 0 aliphatic carbocycles. The van der Waals surface area contributed by atoms with Crippen LogP contribution in [0.1, 0.15) is 37.8 Å². The molecule has 5 heteroatoms. The highest BCUT2D eigenvalue weighted by Crippen LogP contribution is 2.29. The molecule has 112 valence electrons. The minimum Gasteiger partial charge on any atom is -0.326 e. The molecule has 0 bridgehead atoms. The summed E-state index contributed by atoms with van der Waals surface area (Å²) in [6.45, 7) is 6.90. The summed E-state index contributed by atoms with van der Waals surface area (Å²) in [5.41, 5.74) is 7.27. The number of nitrogens with zero attached hydrogens (tertiary/aromatic N) is 1. The SMILES string of the molecule is Cc1ccc(CN)cc1S(=O)(=O)N1CC(C)CCC1C. The van der Waals surface area contributed by atoms with Crippen LogP contribution in [0, 0.1) is 12.8 Å². The standard InChI is InChI=1S/C15H24N2O2S/c1-11-4-6-13(3)17(10-11)20(18,19)15-8-14(9-16)7-5-12(15)2/h5,7-8,11,13H,4,6,9-10,16H2,1-3H3. The Hall–Kier alpha value is -0.910. The fraction of sp³-hybridized carbons (Fsp3) is 0.600. The van der Waals surface area contributed by atoms with Gasteiger partial charge in [0.1, 0.15) is 0 Å². The normalized spacial score (nSPS) is 24.8. The third-order valence-electron chi connectivity index (χ3n) is 4.14. The zero-order valence-electron chi connectivity index (χ0n) is 12.5. The highest BCUT2D eigenvalue weighted by Gasteiger charge is 2.34. The molecular weight excluding hydrogens is 272 g/mol. The zero-order chi connectivity index (χ0) is 14.9. The lowest BCUT2D eigenvalue weighted by atomic mass is 9.97. The Labute approximate surface area is 122 Å². The summed E-state index contributed by atoms with van der Waals surface area (Å²) in [6, 6.07) is 5.51. The van der Waals surface area contributed by atoms with Gasteiger partial charge in [-0.15, -0.1) is 0 Å². The first-order valence-electron chi connectivity index (χ1n) is 7.17. The third kappa shape index (κ3) is 2.90. The number of rotatable bonds is 3. The second-order valence-corrected chi connectivity index (χ2v) is 7.77. The topological polar surface area (TPSA) is 63.4 Å². The summed E-state index contributed by atoms with van der Waals surface area (Å²) in [6.07, 6.45) is 2.02. The maximum absolute atomic E-state index is 12.9. The van der Waals surface area contributed by atoms with E-state index in [0.29, 0.717) is 23.9 Å². The van der Waals surface area contributed by atoms with E-state index < -0.39 is 10.0 Å². The van der Waals surface area contributed by atoms with Gasteiger partial charge in [0.2, 0.25) is 10.0 Å². The Bertz CT molecular complexity index is 584. The van der Waals surface area contributed by atoms with Gasteiger partial charge in [-0.1, -0.05) is 19.1 Å². The predicted molar refractivity (Wildman–Crippen MR) is 80.8 cm³/mol. The van der Waals surface area contributed by atoms with E-state index in [2.05, 4.69) is 6.92 Å². The lowest BCUT2D eigenvalue weighted by molar-refractivity contribution is 0.218. The molecule has 20 heavy (non-hydrogen) atoms. The predicted octanol–water partition coefficient (Wildman–Crippen LogP) is 2.26. The van der Waals surface area contributed by atoms with Crippen LogP contribution in [0.4, 0.5) is 0 Å². The smallest absolute Gasteiger partial charge is 0.243 e. The Morgan fingerprint density at radius 1 is 1.30 bits per heavy atom. The monoisotopic (exact) mass is 296 g/mol. The molecule has 1 heterocycles. The second-order valence-electron chi connectivity index (χ2n) is 5.91. The molecule has 0 saturated carbocycles. The van der Waals surface area contributed by atoms with E-state index >= 15 is 0 Å². The van der Waals surface area contributed by atoms with Crippen molar-refractivity contribution in [3.05, 3.63) is 29.3 Å². The summed E-state index contributed by atoms with van der Waals surface area (Å²) in [5.74, 6) is 0.416. The fourth-order valence-corrected chi connectivity index (χ4v) is 4.82. The number of benzene rings is 1. The molecule has 2 rings (SSSR count). The van der Waals surface area contributed by atoms with Crippen LogP contribution >= 0.6 is 0 Å². The van der Waals surface area contributed by atoms with Gasteiger partial charge in [0.25, 0.3) is 0 Å². The van der Waals surface area contributed by atoms with Crippen LogP contribution in [-0.4, -0.2) is 25.3 Å². The van der Waals surface area contributed by atoms with Gasteiger partial charge in [-0.2, -0.15) is 4.31 Å². The average Bonchev–Trinajstić information content (AvgIpc) is 2.41. The Kier molecular flexibility index (Phi) is 4.52. The molecule has 0 radical (unpaired) electrons. The van der Waals surface area contributed by atoms with Gasteiger partial charge < -0.3 is 5.73 Å². The van der Waals surface area contributed by atoms with E-state index in [0.717, 1.165) is 24.0 Å². The van der Waals surface area contributed by atoms with Gasteiger partial charge in [0.15, 0.2) is 0 Å². The number of piperidine rings is 1. The van der Waals surface area contributed by atoms with E-state index in [1.807, 2.05) is 26.0 Å². The maximum Gasteiger partial charge on any atom is 0.243 e. The molecule has 0 amide bonds. The van der Waals surface area contributed by atoms with Crippen molar-refractivity contribution in [1.82, 2.24) is 4.31 Å². The van der Waals surface area contributed by atoms with Gasteiger partial charge in [-0.05, 0) is 49.8 Å². The zero-order valence-corrected chi connectivity index (χ0v) is 13.3. The van der Waals surface area contributed by atoms with Crippen LogP contribution in [0.5, 0.6) is 0 Å². The van der Waals surface area contributed by atoms with E-state index in [4.69, 9.17) is 5.73 Å². The van der Waals surface area contributed by atoms with Gasteiger partial charge in [0, 0.05) is 19.1 Å². The molecule has 2 atom stereocenters. The van der Waals surface area contributed by atoms with E-state index in [1.165, 1.54) is 0 Å². The molecule has 4 nitrogen and oxygen atoms in total. The van der Waals surface area contributed by atoms with Crippen molar-refractivity contribution in [2.75, 3.05) is 6.54 Å². The first-order chi connectivity index (χ1) is 9.36. The minimum absolute atomic E-state index is 0.0668. The van der Waals surface area contributed by atoms with Crippen LogP contribution in [0.3, 0.4) is 0 Å². The molecule has 1 aliphatic rings. The van der Waals surface area contributed by atoms with E-state index in [-0.39, 0.29) is 6.04 Å². The second kappa shape index (κ2) is 5.84. The summed E-state index contributed by atoms with van der Waals surface area (Å²) < 4.78 is 27.5. The molecule has 1 aromatic rings. The highest BCUT2D eigenvalue weighted by molar-refractivity contribution is 7.89. The third-order valence-corrected chi connectivity index (χ3v) is 6.26. The quantitative estimate of drug-likeness (QED) is 0.930. The highest BCUT2D eigenvalue weighted by atomic mass is 32.2. The Morgan fingerprint density at radius 3 is 2.65 bits per heavy atom. The van der Waals surface area contributed by atoms with E-state index in [1.54, 1.807) is 10.4 Å². The minimum atomic E-state index is -3.43. The number of sulfonamides is 1. The van der Waals surface area contributed by atoms with Crippen molar-refractivity contribution in [2.24, 2.45) is 11.7 Å². The van der Waals surface area contributed by atoms with Crippen LogP contribution in [0.25, 0.3) is 0 Å². The molecule has 1 fully saturated rings. The van der Waals surface area contributed by atoms with Crippen LogP contribution in [-0.2, 0) is 16.6 Å². The number of nitrogens with two attached hydrogens (primary N) is 1. The molecule has 1 saturated heterocycles. The molecule has 1 aromatic carbocycles. The summed E-state index contributed by atoms with van der Waals surface area (Å²) >= 11 is 0. The molecule has 2 N–H and O–H groups in total. The van der Waals surface area contributed by atoms with Crippen LogP contribution in [0.2, 0.25) is 0 Å². The fourth-order valence-electron chi connectivity index (χ4n) is 2.76. The van der Waals surface area contributed by atoms with Crippen molar-refractivity contribution >= 4 is 10.0 Å². The molecule has 0 aromatic heterocycles. The van der Waals surface area contributed by atoms with Crippen LogP contribution < -0.4 is 5.73 Å². The molecule has 0 spiro atoms. The largest absolute Gasteiger partial charge is 0.326 e. The number of hydrogen-bond donors (Lipinski definition) is 1. The van der Waals surface area contributed by atoms with Crippen molar-refractivity contribution < 1.29 is 8.42 Å². The van der Waals surface area contributed by atoms with E-state index in [9.17, 15) is 8.42 Å². The average molecular weight is 296 g/mol. The van der Waals surface area contributed by atoms with Crippen molar-refractivity contribution in [1.29, 1.82) is 0 Å². The molecule has 1 aliphatic heterocycles. The summed E-state index contributed by atoms with van der Waals surface area (Å²) in [4.78, 5) is 0.404. The van der Waals surface area contributed by atoms with Crippen molar-refractivity contribution in [3.63, 3.8) is 0 Å².